The molecule has 3 rings (SSSR count). The van der Waals surface area contributed by atoms with Gasteiger partial charge in [0.25, 0.3) is 0 Å². The first-order valence-electron chi connectivity index (χ1n) is 6.82. The minimum Gasteiger partial charge on any atom is -0.494 e. The highest BCUT2D eigenvalue weighted by Crippen LogP contribution is 2.18. The highest BCUT2D eigenvalue weighted by molar-refractivity contribution is 5.54. The lowest BCUT2D eigenvalue weighted by Crippen LogP contribution is -1.97. The van der Waals surface area contributed by atoms with Crippen molar-refractivity contribution in [3.63, 3.8) is 0 Å². The first-order chi connectivity index (χ1) is 10.3. The van der Waals surface area contributed by atoms with Gasteiger partial charge in [-0.3, -0.25) is 0 Å². The number of anilines is 2. The van der Waals surface area contributed by atoms with Gasteiger partial charge in [-0.05, 0) is 43.3 Å². The van der Waals surface area contributed by atoms with E-state index < -0.39 is 0 Å². The van der Waals surface area contributed by atoms with Gasteiger partial charge in [-0.1, -0.05) is 18.2 Å². The fraction of sp³-hybridized carbons (Fsp3) is 0.125. The smallest absolute Gasteiger partial charge is 0.246 e. The molecule has 5 heteroatoms. The summed E-state index contributed by atoms with van der Waals surface area (Å²) in [5.41, 5.74) is 1.90. The second kappa shape index (κ2) is 6.09. The van der Waals surface area contributed by atoms with E-state index in [-0.39, 0.29) is 0 Å². The summed E-state index contributed by atoms with van der Waals surface area (Å²) in [4.78, 5) is 4.26. The van der Waals surface area contributed by atoms with Crippen LogP contribution in [-0.4, -0.2) is 21.4 Å². The van der Waals surface area contributed by atoms with Crippen molar-refractivity contribution in [2.24, 2.45) is 0 Å². The number of rotatable bonds is 5. The first kappa shape index (κ1) is 13.2. The third-order valence-corrected chi connectivity index (χ3v) is 2.93. The second-order valence-electron chi connectivity index (χ2n) is 4.43. The fourth-order valence-electron chi connectivity index (χ4n) is 1.96. The Kier molecular flexibility index (Phi) is 3.82. The van der Waals surface area contributed by atoms with E-state index in [4.69, 9.17) is 4.74 Å². The molecule has 1 N–H and O–H groups in total. The lowest BCUT2D eigenvalue weighted by molar-refractivity contribution is 0.340. The number of benzene rings is 2. The van der Waals surface area contributed by atoms with Crippen molar-refractivity contribution in [2.75, 3.05) is 11.9 Å². The van der Waals surface area contributed by atoms with Gasteiger partial charge >= 0.3 is 0 Å². The maximum atomic E-state index is 5.41. The topological polar surface area (TPSA) is 52.0 Å². The normalized spacial score (nSPS) is 10.3. The largest absolute Gasteiger partial charge is 0.494 e. The average Bonchev–Trinajstić information content (AvgIpc) is 2.99. The van der Waals surface area contributed by atoms with Gasteiger partial charge in [0.1, 0.15) is 12.1 Å². The summed E-state index contributed by atoms with van der Waals surface area (Å²) in [6, 6.07) is 17.6. The molecule has 0 atom stereocenters. The second-order valence-corrected chi connectivity index (χ2v) is 4.43. The van der Waals surface area contributed by atoms with Crippen LogP contribution in [0.15, 0.2) is 60.9 Å². The number of aromatic nitrogens is 3. The van der Waals surface area contributed by atoms with Gasteiger partial charge in [0.15, 0.2) is 0 Å². The van der Waals surface area contributed by atoms with E-state index >= 15 is 0 Å². The van der Waals surface area contributed by atoms with E-state index in [9.17, 15) is 0 Å². The van der Waals surface area contributed by atoms with Crippen LogP contribution in [0.1, 0.15) is 6.92 Å². The molecule has 0 bridgehead atoms. The molecule has 0 saturated heterocycles. The average molecular weight is 280 g/mol. The molecule has 5 nitrogen and oxygen atoms in total. The molecule has 1 aromatic heterocycles. The Balaban J connectivity index is 1.72. The van der Waals surface area contributed by atoms with Crippen molar-refractivity contribution in [1.29, 1.82) is 0 Å². The van der Waals surface area contributed by atoms with Crippen molar-refractivity contribution < 1.29 is 4.74 Å². The summed E-state index contributed by atoms with van der Waals surface area (Å²) in [5, 5.41) is 7.56. The van der Waals surface area contributed by atoms with Crippen molar-refractivity contribution in [3.8, 4) is 11.4 Å². The predicted molar refractivity (Wildman–Crippen MR) is 82.3 cm³/mol. The molecule has 0 fully saturated rings. The van der Waals surface area contributed by atoms with Crippen LogP contribution >= 0.6 is 0 Å². The molecule has 21 heavy (non-hydrogen) atoms. The van der Waals surface area contributed by atoms with Crippen molar-refractivity contribution in [3.05, 3.63) is 60.9 Å². The van der Waals surface area contributed by atoms with Crippen molar-refractivity contribution in [1.82, 2.24) is 14.8 Å². The number of hydrogen-bond acceptors (Lipinski definition) is 4. The number of ether oxygens (including phenoxy) is 1. The molecule has 106 valence electrons. The van der Waals surface area contributed by atoms with Crippen LogP contribution < -0.4 is 10.1 Å². The van der Waals surface area contributed by atoms with Crippen LogP contribution in [0, 0.1) is 0 Å². The Bertz CT molecular complexity index is 692. The molecule has 0 radical (unpaired) electrons. The lowest BCUT2D eigenvalue weighted by atomic mass is 10.3. The van der Waals surface area contributed by atoms with Crippen LogP contribution in [-0.2, 0) is 0 Å². The van der Waals surface area contributed by atoms with Crippen molar-refractivity contribution in [2.45, 2.75) is 6.92 Å². The van der Waals surface area contributed by atoms with Gasteiger partial charge in [0.2, 0.25) is 5.95 Å². The Morgan fingerprint density at radius 1 is 1.05 bits per heavy atom. The molecule has 0 spiro atoms. The minimum absolute atomic E-state index is 0.558. The minimum atomic E-state index is 0.558. The molecule has 3 aromatic rings. The standard InChI is InChI=1S/C16H16N4O/c1-2-21-15-10-8-13(9-11-15)18-16-17-12-20(19-16)14-6-4-3-5-7-14/h3-12H,2H2,1H3,(H,18,19). The number of hydrogen-bond donors (Lipinski definition) is 1. The van der Waals surface area contributed by atoms with Gasteiger partial charge in [0, 0.05) is 5.69 Å². The van der Waals surface area contributed by atoms with Crippen molar-refractivity contribution >= 4 is 11.6 Å². The van der Waals surface area contributed by atoms with Crippen LogP contribution in [0.5, 0.6) is 5.75 Å². The maximum Gasteiger partial charge on any atom is 0.246 e. The SMILES string of the molecule is CCOc1ccc(Nc2ncn(-c3ccccc3)n2)cc1. The molecule has 0 aliphatic carbocycles. The number of nitrogens with one attached hydrogen (secondary N) is 1. The van der Waals surface area contributed by atoms with Gasteiger partial charge in [-0.25, -0.2) is 4.68 Å². The van der Waals surface area contributed by atoms with E-state index in [1.54, 1.807) is 11.0 Å². The van der Waals surface area contributed by atoms with Gasteiger partial charge in [-0.15, -0.1) is 5.10 Å². The van der Waals surface area contributed by atoms with Crippen LogP contribution in [0.2, 0.25) is 0 Å². The third kappa shape index (κ3) is 3.20. The summed E-state index contributed by atoms with van der Waals surface area (Å²) in [5.74, 6) is 1.41. The molecule has 0 unspecified atom stereocenters. The monoisotopic (exact) mass is 280 g/mol. The summed E-state index contributed by atoms with van der Waals surface area (Å²) in [6.45, 7) is 2.63. The van der Waals surface area contributed by atoms with Crippen LogP contribution in [0.3, 0.4) is 0 Å². The first-order valence-corrected chi connectivity index (χ1v) is 6.82. The summed E-state index contributed by atoms with van der Waals surface area (Å²) >= 11 is 0. The maximum absolute atomic E-state index is 5.41. The third-order valence-electron chi connectivity index (χ3n) is 2.93. The van der Waals surface area contributed by atoms with Gasteiger partial charge in [-0.2, -0.15) is 4.98 Å². The molecule has 0 saturated carbocycles. The zero-order valence-corrected chi connectivity index (χ0v) is 11.7. The highest BCUT2D eigenvalue weighted by atomic mass is 16.5. The predicted octanol–water partition coefficient (Wildman–Crippen LogP) is 3.41. The van der Waals surface area contributed by atoms with Crippen LogP contribution in [0.25, 0.3) is 5.69 Å². The van der Waals surface area contributed by atoms with E-state index in [1.165, 1.54) is 0 Å². The van der Waals surface area contributed by atoms with E-state index in [0.29, 0.717) is 12.6 Å². The number of nitrogens with zero attached hydrogens (tertiary/aromatic N) is 3. The van der Waals surface area contributed by atoms with Gasteiger partial charge in [0.05, 0.1) is 12.3 Å². The molecule has 1 heterocycles. The van der Waals surface area contributed by atoms with Crippen LogP contribution in [0.4, 0.5) is 11.6 Å². The van der Waals surface area contributed by atoms with E-state index in [2.05, 4.69) is 15.4 Å². The van der Waals surface area contributed by atoms with E-state index in [0.717, 1.165) is 17.1 Å². The zero-order chi connectivity index (χ0) is 14.5. The molecule has 0 amide bonds. The molecular formula is C16H16N4O. The Hall–Kier alpha value is -2.82. The molecule has 0 aliphatic heterocycles. The summed E-state index contributed by atoms with van der Waals surface area (Å²) in [6.07, 6.45) is 1.69. The highest BCUT2D eigenvalue weighted by Gasteiger charge is 2.03. The zero-order valence-electron chi connectivity index (χ0n) is 11.7. The molecule has 2 aromatic carbocycles. The Morgan fingerprint density at radius 2 is 1.81 bits per heavy atom. The summed E-state index contributed by atoms with van der Waals surface area (Å²) < 4.78 is 7.14. The summed E-state index contributed by atoms with van der Waals surface area (Å²) in [7, 11) is 0. The Morgan fingerprint density at radius 3 is 2.52 bits per heavy atom. The number of para-hydroxylation sites is 1. The quantitative estimate of drug-likeness (QED) is 0.778. The fourth-order valence-corrected chi connectivity index (χ4v) is 1.96. The molecular weight excluding hydrogens is 264 g/mol. The Labute approximate surface area is 123 Å². The lowest BCUT2D eigenvalue weighted by Gasteiger charge is -2.05. The molecule has 0 aliphatic rings. The van der Waals surface area contributed by atoms with E-state index in [1.807, 2.05) is 61.5 Å². The van der Waals surface area contributed by atoms with Gasteiger partial charge < -0.3 is 10.1 Å².